The third-order valence-electron chi connectivity index (χ3n) is 5.04. The molecule has 0 atom stereocenters. The van der Waals surface area contributed by atoms with E-state index in [0.717, 1.165) is 42.9 Å². The number of anilines is 2. The van der Waals surface area contributed by atoms with Gasteiger partial charge in [-0.2, -0.15) is 0 Å². The van der Waals surface area contributed by atoms with Gasteiger partial charge in [0.1, 0.15) is 5.75 Å². The van der Waals surface area contributed by atoms with E-state index >= 15 is 0 Å². The van der Waals surface area contributed by atoms with Crippen molar-refractivity contribution >= 4 is 39.2 Å². The first kappa shape index (κ1) is 22.1. The summed E-state index contributed by atoms with van der Waals surface area (Å²) in [5.41, 5.74) is 1.85. The molecule has 0 radical (unpaired) electrons. The van der Waals surface area contributed by atoms with Gasteiger partial charge in [-0.15, -0.1) is 0 Å². The first-order valence-corrected chi connectivity index (χ1v) is 10.7. The molecular weight excluding hydrogens is 450 g/mol. The summed E-state index contributed by atoms with van der Waals surface area (Å²) in [4.78, 5) is 29.1. The van der Waals surface area contributed by atoms with E-state index in [1.54, 1.807) is 24.3 Å². The van der Waals surface area contributed by atoms with Gasteiger partial charge >= 0.3 is 5.97 Å². The minimum Gasteiger partial charge on any atom is -0.484 e. The lowest BCUT2D eigenvalue weighted by Gasteiger charge is -2.36. The van der Waals surface area contributed by atoms with Gasteiger partial charge in [0.25, 0.3) is 5.91 Å². The van der Waals surface area contributed by atoms with Gasteiger partial charge in [0.15, 0.2) is 6.61 Å². The van der Waals surface area contributed by atoms with Gasteiger partial charge in [-0.05, 0) is 49.0 Å². The molecule has 2 aromatic carbocycles. The average Bonchev–Trinajstić information content (AvgIpc) is 2.78. The number of benzene rings is 2. The number of piperazine rings is 1. The number of esters is 1. The van der Waals surface area contributed by atoms with Crippen LogP contribution in [0.2, 0.25) is 0 Å². The summed E-state index contributed by atoms with van der Waals surface area (Å²) in [6.07, 6.45) is 0. The zero-order chi connectivity index (χ0) is 21.5. The lowest BCUT2D eigenvalue weighted by molar-refractivity contribution is -0.118. The summed E-state index contributed by atoms with van der Waals surface area (Å²) in [5.74, 6) is -0.139. The molecule has 0 bridgehead atoms. The smallest absolute Gasteiger partial charge is 0.337 e. The molecule has 0 spiro atoms. The molecule has 3 rings (SSSR count). The fourth-order valence-corrected chi connectivity index (χ4v) is 3.59. The second-order valence-corrected chi connectivity index (χ2v) is 7.85. The fraction of sp³-hybridized carbons (Fsp3) is 0.364. The number of rotatable bonds is 7. The number of nitrogens with one attached hydrogen (secondary N) is 1. The topological polar surface area (TPSA) is 71.1 Å². The molecule has 30 heavy (non-hydrogen) atoms. The Bertz CT molecular complexity index is 880. The molecule has 160 valence electrons. The van der Waals surface area contributed by atoms with Crippen molar-refractivity contribution in [3.63, 3.8) is 0 Å². The number of amides is 1. The van der Waals surface area contributed by atoms with Crippen LogP contribution in [0.5, 0.6) is 5.75 Å². The van der Waals surface area contributed by atoms with Crippen LogP contribution < -0.4 is 15.0 Å². The van der Waals surface area contributed by atoms with E-state index in [4.69, 9.17) is 9.47 Å². The molecule has 1 aliphatic heterocycles. The van der Waals surface area contributed by atoms with Gasteiger partial charge in [-0.25, -0.2) is 4.79 Å². The van der Waals surface area contributed by atoms with E-state index in [9.17, 15) is 9.59 Å². The predicted octanol–water partition coefficient (Wildman–Crippen LogP) is 3.40. The van der Waals surface area contributed by atoms with Crippen molar-refractivity contribution in [2.45, 2.75) is 6.92 Å². The molecule has 1 saturated heterocycles. The maximum atomic E-state index is 12.5. The van der Waals surface area contributed by atoms with Crippen molar-refractivity contribution in [3.8, 4) is 5.75 Å². The monoisotopic (exact) mass is 475 g/mol. The van der Waals surface area contributed by atoms with Crippen molar-refractivity contribution in [2.24, 2.45) is 0 Å². The summed E-state index contributed by atoms with van der Waals surface area (Å²) < 4.78 is 11.3. The zero-order valence-electron chi connectivity index (χ0n) is 17.2. The van der Waals surface area contributed by atoms with Crippen LogP contribution in [-0.2, 0) is 9.53 Å². The SMILES string of the molecule is CCN1CCN(c2ccc(C(=O)OC)cc2NC(=O)COc2ccc(Br)cc2)CC1. The van der Waals surface area contributed by atoms with Gasteiger partial charge in [-0.3, -0.25) is 4.79 Å². The second kappa shape index (κ2) is 10.4. The lowest BCUT2D eigenvalue weighted by Crippen LogP contribution is -2.46. The molecule has 8 heteroatoms. The van der Waals surface area contributed by atoms with Gasteiger partial charge < -0.3 is 24.6 Å². The number of methoxy groups -OCH3 is 1. The van der Waals surface area contributed by atoms with Gasteiger partial charge in [0.05, 0.1) is 24.0 Å². The Labute approximate surface area is 185 Å². The number of carbonyl (C=O) groups excluding carboxylic acids is 2. The highest BCUT2D eigenvalue weighted by atomic mass is 79.9. The Morgan fingerprint density at radius 3 is 2.40 bits per heavy atom. The van der Waals surface area contributed by atoms with E-state index in [-0.39, 0.29) is 12.5 Å². The largest absolute Gasteiger partial charge is 0.484 e. The van der Waals surface area contributed by atoms with Gasteiger partial charge in [-0.1, -0.05) is 22.9 Å². The van der Waals surface area contributed by atoms with Crippen molar-refractivity contribution < 1.29 is 19.1 Å². The van der Waals surface area contributed by atoms with E-state index in [0.29, 0.717) is 17.0 Å². The summed E-state index contributed by atoms with van der Waals surface area (Å²) in [6.45, 7) is 6.65. The first-order valence-electron chi connectivity index (χ1n) is 9.88. The van der Waals surface area contributed by atoms with Crippen LogP contribution >= 0.6 is 15.9 Å². The highest BCUT2D eigenvalue weighted by molar-refractivity contribution is 9.10. The Hall–Kier alpha value is -2.58. The van der Waals surface area contributed by atoms with Gasteiger partial charge in [0, 0.05) is 30.7 Å². The van der Waals surface area contributed by atoms with Crippen LogP contribution in [0.3, 0.4) is 0 Å². The molecule has 0 aliphatic carbocycles. The lowest BCUT2D eigenvalue weighted by atomic mass is 10.1. The third kappa shape index (κ3) is 5.73. The molecule has 0 unspecified atom stereocenters. The molecule has 1 fully saturated rings. The molecule has 2 aromatic rings. The molecule has 1 aliphatic rings. The number of likely N-dealkylation sites (N-methyl/N-ethyl adjacent to an activating group) is 1. The minimum absolute atomic E-state index is 0.132. The summed E-state index contributed by atoms with van der Waals surface area (Å²) in [6, 6.07) is 12.5. The minimum atomic E-state index is -0.445. The molecule has 1 heterocycles. The zero-order valence-corrected chi connectivity index (χ0v) is 18.8. The number of halogens is 1. The van der Waals surface area contributed by atoms with Crippen molar-refractivity contribution in [2.75, 3.05) is 56.7 Å². The predicted molar refractivity (Wildman–Crippen MR) is 120 cm³/mol. The molecule has 1 N–H and O–H groups in total. The van der Waals surface area contributed by atoms with Crippen LogP contribution in [0, 0.1) is 0 Å². The Kier molecular flexibility index (Phi) is 7.70. The molecule has 1 amide bonds. The molecule has 7 nitrogen and oxygen atoms in total. The number of nitrogens with zero attached hydrogens (tertiary/aromatic N) is 2. The molecule has 0 saturated carbocycles. The first-order chi connectivity index (χ1) is 14.5. The van der Waals surface area contributed by atoms with Crippen LogP contribution in [0.1, 0.15) is 17.3 Å². The Morgan fingerprint density at radius 2 is 1.77 bits per heavy atom. The molecular formula is C22H26BrN3O4. The second-order valence-electron chi connectivity index (χ2n) is 6.94. The van der Waals surface area contributed by atoms with E-state index in [1.165, 1.54) is 7.11 Å². The van der Waals surface area contributed by atoms with Crippen molar-refractivity contribution in [3.05, 3.63) is 52.5 Å². The van der Waals surface area contributed by atoms with E-state index in [1.807, 2.05) is 18.2 Å². The average molecular weight is 476 g/mol. The van der Waals surface area contributed by atoms with Crippen molar-refractivity contribution in [1.82, 2.24) is 4.90 Å². The van der Waals surface area contributed by atoms with Crippen LogP contribution in [0.4, 0.5) is 11.4 Å². The number of ether oxygens (including phenoxy) is 2. The standard InChI is InChI=1S/C22H26BrN3O4/c1-3-25-10-12-26(13-11-25)20-9-4-16(22(28)29-2)14-19(20)24-21(27)15-30-18-7-5-17(23)6-8-18/h4-9,14H,3,10-13,15H2,1-2H3,(H,24,27). The molecule has 0 aromatic heterocycles. The third-order valence-corrected chi connectivity index (χ3v) is 5.56. The quantitative estimate of drug-likeness (QED) is 0.618. The normalized spacial score (nSPS) is 14.3. The summed E-state index contributed by atoms with van der Waals surface area (Å²) in [7, 11) is 1.34. The van der Waals surface area contributed by atoms with E-state index in [2.05, 4.69) is 38.0 Å². The summed E-state index contributed by atoms with van der Waals surface area (Å²) >= 11 is 3.37. The van der Waals surface area contributed by atoms with E-state index < -0.39 is 5.97 Å². The maximum Gasteiger partial charge on any atom is 0.337 e. The van der Waals surface area contributed by atoms with Crippen LogP contribution in [0.25, 0.3) is 0 Å². The highest BCUT2D eigenvalue weighted by Gasteiger charge is 2.20. The Morgan fingerprint density at radius 1 is 1.07 bits per heavy atom. The number of hydrogen-bond acceptors (Lipinski definition) is 6. The highest BCUT2D eigenvalue weighted by Crippen LogP contribution is 2.29. The van der Waals surface area contributed by atoms with Crippen LogP contribution in [0.15, 0.2) is 46.9 Å². The number of carbonyl (C=O) groups is 2. The Balaban J connectivity index is 1.73. The van der Waals surface area contributed by atoms with Crippen molar-refractivity contribution in [1.29, 1.82) is 0 Å². The summed E-state index contributed by atoms with van der Waals surface area (Å²) in [5, 5.41) is 2.90. The van der Waals surface area contributed by atoms with Gasteiger partial charge in [0.2, 0.25) is 0 Å². The van der Waals surface area contributed by atoms with Crippen LogP contribution in [-0.4, -0.2) is 63.2 Å². The fourth-order valence-electron chi connectivity index (χ4n) is 3.33. The number of hydrogen-bond donors (Lipinski definition) is 1. The maximum absolute atomic E-state index is 12.5.